The average molecular weight is 383 g/mol. The molecule has 7 nitrogen and oxygen atoms in total. The number of hydrogen-bond donors (Lipinski definition) is 1. The van der Waals surface area contributed by atoms with Crippen LogP contribution in [0, 0.1) is 0 Å². The Kier molecular flexibility index (Phi) is 4.29. The molecule has 1 aliphatic heterocycles. The summed E-state index contributed by atoms with van der Waals surface area (Å²) in [7, 11) is -3.96. The van der Waals surface area contributed by atoms with Crippen LogP contribution in [-0.2, 0) is 21.2 Å². The van der Waals surface area contributed by atoms with Crippen LogP contribution in [-0.4, -0.2) is 40.1 Å². The monoisotopic (exact) mass is 383 g/mol. The molecule has 0 radical (unpaired) electrons. The number of rotatable bonds is 4. The highest BCUT2D eigenvalue weighted by atomic mass is 32.2. The standard InChI is InChI=1S/C19H17N3O4S/c23-19(24)18-17-5-2-1-4-14(17)10-13-22(18)27(25,26)16-8-6-15(7-9-16)21-12-3-11-20-21/h1-9,11-12,18H,10,13H2,(H,23,24). The summed E-state index contributed by atoms with van der Waals surface area (Å²) in [6, 6.07) is 13.9. The Hall–Kier alpha value is -2.97. The molecule has 0 saturated heterocycles. The zero-order valence-corrected chi connectivity index (χ0v) is 15.1. The summed E-state index contributed by atoms with van der Waals surface area (Å²) in [6.07, 6.45) is 3.86. The lowest BCUT2D eigenvalue weighted by Gasteiger charge is -2.33. The van der Waals surface area contributed by atoms with Crippen LogP contribution in [0.25, 0.3) is 5.69 Å². The summed E-state index contributed by atoms with van der Waals surface area (Å²) in [5.41, 5.74) is 2.11. The van der Waals surface area contributed by atoms with Crippen molar-refractivity contribution in [1.29, 1.82) is 0 Å². The number of sulfonamides is 1. The Morgan fingerprint density at radius 3 is 2.48 bits per heavy atom. The minimum absolute atomic E-state index is 0.0593. The first-order valence-corrected chi connectivity index (χ1v) is 9.85. The zero-order chi connectivity index (χ0) is 19.0. The van der Waals surface area contributed by atoms with Crippen LogP contribution < -0.4 is 0 Å². The SMILES string of the molecule is O=C(O)C1c2ccccc2CCN1S(=O)(=O)c1ccc(-n2cccn2)cc1. The zero-order valence-electron chi connectivity index (χ0n) is 14.3. The van der Waals surface area contributed by atoms with Gasteiger partial charge in [0.1, 0.15) is 6.04 Å². The summed E-state index contributed by atoms with van der Waals surface area (Å²) in [4.78, 5) is 12.0. The second-order valence-corrected chi connectivity index (χ2v) is 8.14. The maximum absolute atomic E-state index is 13.1. The molecule has 1 N–H and O–H groups in total. The normalized spacial score (nSPS) is 17.4. The first-order chi connectivity index (χ1) is 13.0. The largest absolute Gasteiger partial charge is 0.480 e. The van der Waals surface area contributed by atoms with Gasteiger partial charge in [-0.25, -0.2) is 13.1 Å². The van der Waals surface area contributed by atoms with E-state index in [1.165, 1.54) is 12.1 Å². The molecule has 8 heteroatoms. The van der Waals surface area contributed by atoms with Gasteiger partial charge in [0.2, 0.25) is 10.0 Å². The molecule has 0 aliphatic carbocycles. The van der Waals surface area contributed by atoms with Gasteiger partial charge in [0.25, 0.3) is 0 Å². The highest BCUT2D eigenvalue weighted by Crippen LogP contribution is 2.34. The van der Waals surface area contributed by atoms with Gasteiger partial charge < -0.3 is 5.11 Å². The Balaban J connectivity index is 1.72. The van der Waals surface area contributed by atoms with Gasteiger partial charge in [-0.1, -0.05) is 24.3 Å². The predicted octanol–water partition coefficient (Wildman–Crippen LogP) is 2.25. The van der Waals surface area contributed by atoms with Gasteiger partial charge in [-0.3, -0.25) is 4.79 Å². The minimum Gasteiger partial charge on any atom is -0.480 e. The summed E-state index contributed by atoms with van der Waals surface area (Å²) >= 11 is 0. The van der Waals surface area contributed by atoms with Crippen molar-refractivity contribution < 1.29 is 18.3 Å². The summed E-state index contributed by atoms with van der Waals surface area (Å²) < 4.78 is 29.0. The Morgan fingerprint density at radius 2 is 1.81 bits per heavy atom. The summed E-state index contributed by atoms with van der Waals surface area (Å²) in [6.45, 7) is 0.122. The molecule has 138 valence electrons. The van der Waals surface area contributed by atoms with E-state index in [2.05, 4.69) is 5.10 Å². The second kappa shape index (κ2) is 6.64. The second-order valence-electron chi connectivity index (χ2n) is 6.25. The molecule has 1 unspecified atom stereocenters. The van der Waals surface area contributed by atoms with Crippen molar-refractivity contribution in [3.05, 3.63) is 78.1 Å². The van der Waals surface area contributed by atoms with E-state index in [4.69, 9.17) is 0 Å². The maximum atomic E-state index is 13.1. The molecule has 1 aliphatic rings. The number of fused-ring (bicyclic) bond motifs is 1. The molecular formula is C19H17N3O4S. The van der Waals surface area contributed by atoms with Crippen LogP contribution in [0.5, 0.6) is 0 Å². The maximum Gasteiger partial charge on any atom is 0.326 e. The van der Waals surface area contributed by atoms with Gasteiger partial charge in [0, 0.05) is 18.9 Å². The Morgan fingerprint density at radius 1 is 1.07 bits per heavy atom. The number of aromatic nitrogens is 2. The molecule has 0 amide bonds. The van der Waals surface area contributed by atoms with Crippen molar-refractivity contribution >= 4 is 16.0 Å². The number of benzene rings is 2. The minimum atomic E-state index is -3.96. The molecule has 0 saturated carbocycles. The predicted molar refractivity (Wildman–Crippen MR) is 98.0 cm³/mol. The molecule has 1 aromatic heterocycles. The molecular weight excluding hydrogens is 366 g/mol. The van der Waals surface area contributed by atoms with Gasteiger partial charge in [0.15, 0.2) is 0 Å². The molecule has 1 atom stereocenters. The van der Waals surface area contributed by atoms with E-state index >= 15 is 0 Å². The molecule has 2 aromatic carbocycles. The van der Waals surface area contributed by atoms with Crippen molar-refractivity contribution in [1.82, 2.24) is 14.1 Å². The van der Waals surface area contributed by atoms with E-state index in [0.717, 1.165) is 15.6 Å². The molecule has 0 fully saturated rings. The van der Waals surface area contributed by atoms with E-state index < -0.39 is 22.0 Å². The highest BCUT2D eigenvalue weighted by molar-refractivity contribution is 7.89. The number of carbonyl (C=O) groups is 1. The van der Waals surface area contributed by atoms with Gasteiger partial charge in [-0.15, -0.1) is 0 Å². The van der Waals surface area contributed by atoms with Crippen molar-refractivity contribution in [3.63, 3.8) is 0 Å². The third-order valence-corrected chi connectivity index (χ3v) is 6.56. The van der Waals surface area contributed by atoms with E-state index in [1.807, 2.05) is 12.1 Å². The number of hydrogen-bond acceptors (Lipinski definition) is 4. The third-order valence-electron chi connectivity index (χ3n) is 4.69. The van der Waals surface area contributed by atoms with Crippen LogP contribution in [0.1, 0.15) is 17.2 Å². The number of nitrogens with zero attached hydrogens (tertiary/aromatic N) is 3. The molecule has 2 heterocycles. The van der Waals surface area contributed by atoms with Crippen molar-refractivity contribution in [2.45, 2.75) is 17.4 Å². The van der Waals surface area contributed by atoms with E-state index in [9.17, 15) is 18.3 Å². The van der Waals surface area contributed by atoms with Gasteiger partial charge in [-0.2, -0.15) is 9.40 Å². The fraction of sp³-hybridized carbons (Fsp3) is 0.158. The molecule has 3 aromatic rings. The van der Waals surface area contributed by atoms with E-state index in [-0.39, 0.29) is 11.4 Å². The lowest BCUT2D eigenvalue weighted by atomic mass is 9.94. The van der Waals surface area contributed by atoms with Crippen LogP contribution in [0.2, 0.25) is 0 Å². The van der Waals surface area contributed by atoms with Gasteiger partial charge >= 0.3 is 5.97 Å². The average Bonchev–Trinajstić information content (AvgIpc) is 3.21. The molecule has 0 spiro atoms. The van der Waals surface area contributed by atoms with Crippen LogP contribution in [0.3, 0.4) is 0 Å². The first-order valence-electron chi connectivity index (χ1n) is 8.41. The first kappa shape index (κ1) is 17.4. The quantitative estimate of drug-likeness (QED) is 0.746. The number of aliphatic carboxylic acids is 1. The van der Waals surface area contributed by atoms with Crippen LogP contribution in [0.4, 0.5) is 0 Å². The topological polar surface area (TPSA) is 92.5 Å². The van der Waals surface area contributed by atoms with Gasteiger partial charge in [0.05, 0.1) is 10.6 Å². The van der Waals surface area contributed by atoms with Crippen molar-refractivity contribution in [2.24, 2.45) is 0 Å². The fourth-order valence-electron chi connectivity index (χ4n) is 3.39. The Labute approximate surface area is 156 Å². The molecule has 27 heavy (non-hydrogen) atoms. The van der Waals surface area contributed by atoms with Crippen LogP contribution >= 0.6 is 0 Å². The fourth-order valence-corrected chi connectivity index (χ4v) is 4.95. The van der Waals surface area contributed by atoms with E-state index in [1.54, 1.807) is 47.4 Å². The summed E-state index contributed by atoms with van der Waals surface area (Å²) in [5, 5.41) is 13.8. The van der Waals surface area contributed by atoms with Crippen molar-refractivity contribution in [3.8, 4) is 5.69 Å². The molecule has 0 bridgehead atoms. The van der Waals surface area contributed by atoms with Crippen molar-refractivity contribution in [2.75, 3.05) is 6.54 Å². The number of carboxylic acids is 1. The smallest absolute Gasteiger partial charge is 0.326 e. The van der Waals surface area contributed by atoms with Gasteiger partial charge in [-0.05, 0) is 47.9 Å². The lowest BCUT2D eigenvalue weighted by molar-refractivity contribution is -0.142. The Bertz CT molecular complexity index is 1080. The number of carboxylic acid groups (broad SMARTS) is 1. The molecule has 4 rings (SSSR count). The van der Waals surface area contributed by atoms with Crippen LogP contribution in [0.15, 0.2) is 71.9 Å². The summed E-state index contributed by atoms with van der Waals surface area (Å²) in [5.74, 6) is -1.18. The third kappa shape index (κ3) is 3.02. The highest BCUT2D eigenvalue weighted by Gasteiger charge is 2.40. The van der Waals surface area contributed by atoms with E-state index in [0.29, 0.717) is 12.0 Å². The lowest BCUT2D eigenvalue weighted by Crippen LogP contribution is -2.43.